The maximum absolute atomic E-state index is 13.6. The summed E-state index contributed by atoms with van der Waals surface area (Å²) in [5.74, 6) is -1.01. The van der Waals surface area contributed by atoms with E-state index in [1.165, 1.54) is 12.1 Å². The van der Waals surface area contributed by atoms with E-state index in [4.69, 9.17) is 10.0 Å². The Hall–Kier alpha value is -1.44. The third-order valence-corrected chi connectivity index (χ3v) is 3.32. The quantitative estimate of drug-likeness (QED) is 0.666. The molecule has 1 aliphatic rings. The van der Waals surface area contributed by atoms with E-state index in [9.17, 15) is 9.18 Å². The molecule has 0 spiro atoms. The normalized spacial score (nSPS) is 16.5. The fourth-order valence-electron chi connectivity index (χ4n) is 2.06. The highest BCUT2D eigenvalue weighted by Crippen LogP contribution is 2.09. The minimum absolute atomic E-state index is 0.227. The van der Waals surface area contributed by atoms with Crippen LogP contribution in [0.4, 0.5) is 4.39 Å². The van der Waals surface area contributed by atoms with Gasteiger partial charge < -0.3 is 19.8 Å². The first-order valence-corrected chi connectivity index (χ1v) is 6.12. The minimum Gasteiger partial charge on any atom is -0.423 e. The molecule has 0 aromatic heterocycles. The molecule has 1 fully saturated rings. The van der Waals surface area contributed by atoms with Crippen molar-refractivity contribution in [3.63, 3.8) is 0 Å². The predicted octanol–water partition coefficient (Wildman–Crippen LogP) is -1.11. The maximum Gasteiger partial charge on any atom is 0.491 e. The second-order valence-electron chi connectivity index (χ2n) is 4.71. The van der Waals surface area contributed by atoms with Crippen LogP contribution in [0.2, 0.25) is 0 Å². The molecule has 1 aromatic carbocycles. The lowest BCUT2D eigenvalue weighted by Gasteiger charge is -2.32. The summed E-state index contributed by atoms with van der Waals surface area (Å²) in [5, 5.41) is 17.9. The lowest BCUT2D eigenvalue weighted by Crippen LogP contribution is -2.47. The van der Waals surface area contributed by atoms with Crippen LogP contribution in [0.5, 0.6) is 0 Å². The molecular formula is C12H16BFN2O3. The Bertz CT molecular complexity index is 476. The summed E-state index contributed by atoms with van der Waals surface area (Å²) in [6, 6.07) is 3.69. The molecule has 1 amide bonds. The van der Waals surface area contributed by atoms with Crippen molar-refractivity contribution in [1.29, 1.82) is 0 Å². The van der Waals surface area contributed by atoms with E-state index in [2.05, 4.69) is 4.90 Å². The number of nitrogens with zero attached hydrogens (tertiary/aromatic N) is 2. The summed E-state index contributed by atoms with van der Waals surface area (Å²) in [5.41, 5.74) is 0.00128. The standard InChI is InChI=1S/C12H16BFN2O3/c1-15-4-6-16(7-5-15)12(17)9-2-3-10(13(18)19)11(14)8-9/h2-3,8,18-19H,4-7H2,1H3. The molecule has 5 nitrogen and oxygen atoms in total. The van der Waals surface area contributed by atoms with E-state index in [1.54, 1.807) is 4.90 Å². The van der Waals surface area contributed by atoms with Gasteiger partial charge in [-0.15, -0.1) is 0 Å². The van der Waals surface area contributed by atoms with Crippen molar-refractivity contribution in [3.8, 4) is 0 Å². The highest BCUT2D eigenvalue weighted by molar-refractivity contribution is 6.58. The molecule has 0 bridgehead atoms. The molecule has 1 heterocycles. The van der Waals surface area contributed by atoms with Gasteiger partial charge in [-0.1, -0.05) is 6.07 Å². The first kappa shape index (κ1) is 14.0. The van der Waals surface area contributed by atoms with Crippen molar-refractivity contribution in [2.75, 3.05) is 33.2 Å². The van der Waals surface area contributed by atoms with Crippen LogP contribution < -0.4 is 5.46 Å². The summed E-state index contributed by atoms with van der Waals surface area (Å²) in [6.45, 7) is 2.81. The van der Waals surface area contributed by atoms with Crippen molar-refractivity contribution >= 4 is 18.5 Å². The molecule has 19 heavy (non-hydrogen) atoms. The van der Waals surface area contributed by atoms with Gasteiger partial charge in [-0.2, -0.15) is 0 Å². The zero-order valence-electron chi connectivity index (χ0n) is 10.7. The van der Waals surface area contributed by atoms with Gasteiger partial charge in [-0.05, 0) is 19.2 Å². The molecule has 2 N–H and O–H groups in total. The number of benzene rings is 1. The number of hydrogen-bond acceptors (Lipinski definition) is 4. The molecule has 0 unspecified atom stereocenters. The van der Waals surface area contributed by atoms with Crippen molar-refractivity contribution in [3.05, 3.63) is 29.6 Å². The van der Waals surface area contributed by atoms with Crippen molar-refractivity contribution < 1.29 is 19.2 Å². The number of amides is 1. The van der Waals surface area contributed by atoms with Gasteiger partial charge in [-0.3, -0.25) is 4.79 Å². The van der Waals surface area contributed by atoms with Gasteiger partial charge in [0.2, 0.25) is 0 Å². The topological polar surface area (TPSA) is 64.0 Å². The molecule has 2 rings (SSSR count). The van der Waals surface area contributed by atoms with E-state index >= 15 is 0 Å². The molecular weight excluding hydrogens is 250 g/mol. The van der Waals surface area contributed by atoms with Crippen molar-refractivity contribution in [2.24, 2.45) is 0 Å². The fraction of sp³-hybridized carbons (Fsp3) is 0.417. The molecule has 0 radical (unpaired) electrons. The lowest BCUT2D eigenvalue weighted by atomic mass is 9.79. The minimum atomic E-state index is -1.87. The Morgan fingerprint density at radius 3 is 2.42 bits per heavy atom. The summed E-state index contributed by atoms with van der Waals surface area (Å²) in [7, 11) is 0.117. The van der Waals surface area contributed by atoms with Crippen LogP contribution >= 0.6 is 0 Å². The first-order chi connectivity index (χ1) is 8.99. The first-order valence-electron chi connectivity index (χ1n) is 6.12. The number of halogens is 1. The number of rotatable bonds is 2. The molecule has 1 saturated heterocycles. The van der Waals surface area contributed by atoms with Crippen LogP contribution in [0.25, 0.3) is 0 Å². The molecule has 0 saturated carbocycles. The number of likely N-dealkylation sites (N-methyl/N-ethyl adjacent to an activating group) is 1. The summed E-state index contributed by atoms with van der Waals surface area (Å²) in [6.07, 6.45) is 0. The van der Waals surface area contributed by atoms with Crippen molar-refractivity contribution in [2.45, 2.75) is 0 Å². The Balaban J connectivity index is 2.13. The summed E-state index contributed by atoms with van der Waals surface area (Å²) >= 11 is 0. The highest BCUT2D eigenvalue weighted by Gasteiger charge is 2.23. The second-order valence-corrected chi connectivity index (χ2v) is 4.71. The highest BCUT2D eigenvalue weighted by atomic mass is 19.1. The number of piperazine rings is 1. The van der Waals surface area contributed by atoms with E-state index in [-0.39, 0.29) is 16.9 Å². The van der Waals surface area contributed by atoms with Crippen LogP contribution in [-0.2, 0) is 0 Å². The molecule has 0 aliphatic carbocycles. The average Bonchev–Trinajstić information content (AvgIpc) is 2.38. The molecule has 102 valence electrons. The van der Waals surface area contributed by atoms with Gasteiger partial charge >= 0.3 is 7.12 Å². The second kappa shape index (κ2) is 5.69. The molecule has 1 aliphatic heterocycles. The molecule has 0 atom stereocenters. The van der Waals surface area contributed by atoms with E-state index in [0.717, 1.165) is 19.2 Å². The van der Waals surface area contributed by atoms with E-state index in [1.807, 2.05) is 7.05 Å². The summed E-state index contributed by atoms with van der Waals surface area (Å²) in [4.78, 5) is 15.9. The smallest absolute Gasteiger partial charge is 0.423 e. The van der Waals surface area contributed by atoms with E-state index < -0.39 is 12.9 Å². The third-order valence-electron chi connectivity index (χ3n) is 3.32. The van der Waals surface area contributed by atoms with Gasteiger partial charge in [0.15, 0.2) is 0 Å². The monoisotopic (exact) mass is 266 g/mol. The zero-order chi connectivity index (χ0) is 14.0. The zero-order valence-corrected chi connectivity index (χ0v) is 10.7. The summed E-state index contributed by atoms with van der Waals surface area (Å²) < 4.78 is 13.6. The Labute approximate surface area is 111 Å². The predicted molar refractivity (Wildman–Crippen MR) is 69.6 cm³/mol. The van der Waals surface area contributed by atoms with E-state index in [0.29, 0.717) is 13.1 Å². The fourth-order valence-corrected chi connectivity index (χ4v) is 2.06. The van der Waals surface area contributed by atoms with Crippen LogP contribution in [0, 0.1) is 5.82 Å². The number of hydrogen-bond donors (Lipinski definition) is 2. The van der Waals surface area contributed by atoms with Gasteiger partial charge in [-0.25, -0.2) is 4.39 Å². The Kier molecular flexibility index (Phi) is 4.19. The van der Waals surface area contributed by atoms with Gasteiger partial charge in [0.05, 0.1) is 0 Å². The van der Waals surface area contributed by atoms with Gasteiger partial charge in [0.25, 0.3) is 5.91 Å². The third kappa shape index (κ3) is 3.12. The SMILES string of the molecule is CN1CCN(C(=O)c2ccc(B(O)O)c(F)c2)CC1. The van der Waals surface area contributed by atoms with Crippen LogP contribution in [0.1, 0.15) is 10.4 Å². The van der Waals surface area contributed by atoms with Gasteiger partial charge in [0, 0.05) is 37.2 Å². The lowest BCUT2D eigenvalue weighted by molar-refractivity contribution is 0.0663. The molecule has 1 aromatic rings. The van der Waals surface area contributed by atoms with Crippen molar-refractivity contribution in [1.82, 2.24) is 9.80 Å². The molecule has 7 heteroatoms. The maximum atomic E-state index is 13.6. The Morgan fingerprint density at radius 1 is 1.26 bits per heavy atom. The Morgan fingerprint density at radius 2 is 1.89 bits per heavy atom. The number of carbonyl (C=O) groups excluding carboxylic acids is 1. The average molecular weight is 266 g/mol. The number of carbonyl (C=O) groups is 1. The van der Waals surface area contributed by atoms with Crippen LogP contribution in [-0.4, -0.2) is 66.1 Å². The van der Waals surface area contributed by atoms with Gasteiger partial charge in [0.1, 0.15) is 5.82 Å². The van der Waals surface area contributed by atoms with Crippen LogP contribution in [0.15, 0.2) is 18.2 Å². The van der Waals surface area contributed by atoms with Crippen LogP contribution in [0.3, 0.4) is 0 Å². The largest absolute Gasteiger partial charge is 0.491 e.